The zero-order chi connectivity index (χ0) is 19.1. The lowest BCUT2D eigenvalue weighted by molar-refractivity contribution is 0.370. The van der Waals surface area contributed by atoms with Gasteiger partial charge in [0.25, 0.3) is 0 Å². The molecule has 27 heavy (non-hydrogen) atoms. The van der Waals surface area contributed by atoms with Gasteiger partial charge in [0.05, 0.1) is 11.0 Å². The molecule has 0 atom stereocenters. The van der Waals surface area contributed by atoms with Gasteiger partial charge in [-0.1, -0.05) is 42.3 Å². The lowest BCUT2D eigenvalue weighted by atomic mass is 10.0. The van der Waals surface area contributed by atoms with E-state index in [1.165, 1.54) is 11.1 Å². The Morgan fingerprint density at radius 2 is 1.67 bits per heavy atom. The van der Waals surface area contributed by atoms with Crippen molar-refractivity contribution >= 4 is 5.69 Å². The molecule has 0 fully saturated rings. The summed E-state index contributed by atoms with van der Waals surface area (Å²) in [5.41, 5.74) is 4.35. The van der Waals surface area contributed by atoms with Crippen LogP contribution in [0, 0.1) is 17.3 Å². The van der Waals surface area contributed by atoms with Crippen molar-refractivity contribution in [2.75, 3.05) is 19.0 Å². The van der Waals surface area contributed by atoms with Gasteiger partial charge in [0.1, 0.15) is 12.4 Å². The van der Waals surface area contributed by atoms with Crippen LogP contribution < -0.4 is 15.4 Å². The Bertz CT molecular complexity index is 1010. The van der Waals surface area contributed by atoms with Crippen LogP contribution in [0.3, 0.4) is 0 Å². The van der Waals surface area contributed by atoms with Crippen LogP contribution in [-0.2, 0) is 6.54 Å². The van der Waals surface area contributed by atoms with Crippen LogP contribution in [0.15, 0.2) is 67.0 Å². The van der Waals surface area contributed by atoms with E-state index < -0.39 is 0 Å². The fraction of sp³-hybridized carbons (Fsp3) is 0.174. The Hall–Kier alpha value is -3.45. The maximum atomic E-state index is 7.84. The minimum atomic E-state index is 0.415. The Balaban J connectivity index is 1.69. The van der Waals surface area contributed by atoms with Crippen LogP contribution in [0.4, 0.5) is 5.69 Å². The van der Waals surface area contributed by atoms with Gasteiger partial charge < -0.3 is 14.6 Å². The fourth-order valence-corrected chi connectivity index (χ4v) is 2.78. The number of anilines is 1. The Morgan fingerprint density at radius 3 is 2.30 bits per heavy atom. The molecule has 2 N–H and O–H groups in total. The van der Waals surface area contributed by atoms with Gasteiger partial charge in [-0.05, 0) is 41.8 Å². The second-order valence-corrected chi connectivity index (χ2v) is 6.13. The van der Waals surface area contributed by atoms with Crippen LogP contribution >= 0.6 is 0 Å². The first-order valence-electron chi connectivity index (χ1n) is 8.84. The minimum absolute atomic E-state index is 0.415. The van der Waals surface area contributed by atoms with Crippen molar-refractivity contribution in [2.45, 2.75) is 13.5 Å². The molecule has 0 bridgehead atoms. The third kappa shape index (κ3) is 4.80. The van der Waals surface area contributed by atoms with E-state index in [1.807, 2.05) is 31.6 Å². The van der Waals surface area contributed by atoms with E-state index >= 15 is 0 Å². The topological polar surface area (TPSA) is 50.0 Å². The van der Waals surface area contributed by atoms with E-state index in [-0.39, 0.29) is 0 Å². The summed E-state index contributed by atoms with van der Waals surface area (Å²) in [6.45, 7) is 2.98. The highest BCUT2D eigenvalue weighted by molar-refractivity contribution is 5.64. The molecule has 1 aromatic heterocycles. The van der Waals surface area contributed by atoms with Gasteiger partial charge in [0, 0.05) is 26.0 Å². The van der Waals surface area contributed by atoms with Crippen molar-refractivity contribution in [1.29, 1.82) is 5.41 Å². The first-order valence-corrected chi connectivity index (χ1v) is 8.84. The third-order valence-electron chi connectivity index (χ3n) is 4.28. The number of ether oxygens (including phenoxy) is 1. The Kier molecular flexibility index (Phi) is 5.96. The molecule has 3 aromatic rings. The van der Waals surface area contributed by atoms with E-state index in [2.05, 4.69) is 58.1 Å². The lowest BCUT2D eigenvalue weighted by Gasteiger charge is -2.10. The van der Waals surface area contributed by atoms with Gasteiger partial charge >= 0.3 is 0 Å². The summed E-state index contributed by atoms with van der Waals surface area (Å²) in [5, 5.41) is 11.4. The normalized spacial score (nSPS) is 10.0. The van der Waals surface area contributed by atoms with Crippen LogP contribution in [0.25, 0.3) is 11.1 Å². The molecule has 3 rings (SSSR count). The molecule has 2 aromatic carbocycles. The molecule has 0 amide bonds. The largest absolute Gasteiger partial charge is 0.481 e. The van der Waals surface area contributed by atoms with Crippen molar-refractivity contribution in [1.82, 2.24) is 4.57 Å². The smallest absolute Gasteiger partial charge is 0.149 e. The summed E-state index contributed by atoms with van der Waals surface area (Å²) in [4.78, 5) is 0. The summed E-state index contributed by atoms with van der Waals surface area (Å²) in [6, 6.07) is 18.4. The van der Waals surface area contributed by atoms with Gasteiger partial charge in [0.15, 0.2) is 0 Å². The second kappa shape index (κ2) is 8.77. The van der Waals surface area contributed by atoms with E-state index in [9.17, 15) is 0 Å². The predicted octanol–water partition coefficient (Wildman–Crippen LogP) is 4.13. The molecular weight excluding hydrogens is 334 g/mol. The minimum Gasteiger partial charge on any atom is -0.481 e. The molecule has 0 unspecified atom stereocenters. The van der Waals surface area contributed by atoms with E-state index in [0.717, 1.165) is 23.5 Å². The maximum Gasteiger partial charge on any atom is 0.149 e. The Labute approximate surface area is 160 Å². The molecule has 4 heteroatoms. The number of benzene rings is 2. The van der Waals surface area contributed by atoms with Crippen molar-refractivity contribution in [3.05, 3.63) is 77.9 Å². The second-order valence-electron chi connectivity index (χ2n) is 6.13. The molecule has 1 heterocycles. The number of nitrogens with one attached hydrogen (secondary N) is 2. The summed E-state index contributed by atoms with van der Waals surface area (Å²) < 4.78 is 7.63. The van der Waals surface area contributed by atoms with Gasteiger partial charge in [-0.3, -0.25) is 5.41 Å². The molecule has 0 aliphatic rings. The summed E-state index contributed by atoms with van der Waals surface area (Å²) in [5.74, 6) is 6.53. The van der Waals surface area contributed by atoms with Gasteiger partial charge in [-0.15, -0.1) is 5.92 Å². The van der Waals surface area contributed by atoms with Gasteiger partial charge in [-0.25, -0.2) is 0 Å². The highest BCUT2D eigenvalue weighted by Crippen LogP contribution is 2.23. The standard InChI is InChI=1S/C23H23N3O/c1-3-4-15-27-21-11-9-20(10-12-21)19-7-5-18(6-8-19)16-26-14-13-22(24)23(17-26)25-2/h5-14,17,24-25H,15-16H2,1-2H3. The zero-order valence-corrected chi connectivity index (χ0v) is 15.6. The summed E-state index contributed by atoms with van der Waals surface area (Å²) >= 11 is 0. The molecule has 0 spiro atoms. The first-order chi connectivity index (χ1) is 13.2. The van der Waals surface area contributed by atoms with E-state index in [0.29, 0.717) is 12.0 Å². The van der Waals surface area contributed by atoms with Crippen molar-refractivity contribution in [2.24, 2.45) is 0 Å². The lowest BCUT2D eigenvalue weighted by Crippen LogP contribution is -2.11. The number of pyridine rings is 1. The summed E-state index contributed by atoms with van der Waals surface area (Å²) in [7, 11) is 1.83. The summed E-state index contributed by atoms with van der Waals surface area (Å²) in [6.07, 6.45) is 3.89. The predicted molar refractivity (Wildman–Crippen MR) is 110 cm³/mol. The first kappa shape index (κ1) is 18.3. The number of hydrogen-bond acceptors (Lipinski definition) is 3. The fourth-order valence-electron chi connectivity index (χ4n) is 2.78. The van der Waals surface area contributed by atoms with Crippen molar-refractivity contribution < 1.29 is 4.74 Å². The van der Waals surface area contributed by atoms with E-state index in [1.54, 1.807) is 13.0 Å². The van der Waals surface area contributed by atoms with E-state index in [4.69, 9.17) is 10.1 Å². The highest BCUT2D eigenvalue weighted by Gasteiger charge is 2.01. The van der Waals surface area contributed by atoms with Gasteiger partial charge in [0.2, 0.25) is 0 Å². The number of nitrogens with zero attached hydrogens (tertiary/aromatic N) is 1. The average molecular weight is 357 g/mol. The van der Waals surface area contributed by atoms with Gasteiger partial charge in [-0.2, -0.15) is 0 Å². The molecule has 0 saturated heterocycles. The number of hydrogen-bond donors (Lipinski definition) is 2. The molecule has 0 aliphatic carbocycles. The number of aromatic nitrogens is 1. The molecule has 0 saturated carbocycles. The third-order valence-corrected chi connectivity index (χ3v) is 4.28. The molecule has 136 valence electrons. The van der Waals surface area contributed by atoms with Crippen molar-refractivity contribution in [3.63, 3.8) is 0 Å². The van der Waals surface area contributed by atoms with Crippen LogP contribution in [0.1, 0.15) is 12.5 Å². The van der Waals surface area contributed by atoms with Crippen LogP contribution in [-0.4, -0.2) is 18.2 Å². The van der Waals surface area contributed by atoms with Crippen LogP contribution in [0.2, 0.25) is 0 Å². The molecule has 0 aliphatic heterocycles. The quantitative estimate of drug-likeness (QED) is 0.652. The molecule has 0 radical (unpaired) electrons. The molecule has 4 nitrogen and oxygen atoms in total. The highest BCUT2D eigenvalue weighted by atomic mass is 16.5. The van der Waals surface area contributed by atoms with Crippen LogP contribution in [0.5, 0.6) is 5.75 Å². The Morgan fingerprint density at radius 1 is 1.00 bits per heavy atom. The monoisotopic (exact) mass is 357 g/mol. The van der Waals surface area contributed by atoms with Crippen molar-refractivity contribution in [3.8, 4) is 28.7 Å². The average Bonchev–Trinajstić information content (AvgIpc) is 2.71. The zero-order valence-electron chi connectivity index (χ0n) is 15.6. The number of rotatable bonds is 6. The molecular formula is C23H23N3O. The SMILES string of the molecule is CC#CCOc1ccc(-c2ccc(Cn3ccc(=N)c(NC)c3)cc2)cc1. The maximum absolute atomic E-state index is 7.84.